The number of halogens is 1. The number of benzene rings is 1. The van der Waals surface area contributed by atoms with Crippen LogP contribution in [0.3, 0.4) is 0 Å². The van der Waals surface area contributed by atoms with Gasteiger partial charge in [0.05, 0.1) is 13.2 Å². The Morgan fingerprint density at radius 1 is 1.33 bits per heavy atom. The average Bonchev–Trinajstić information content (AvgIpc) is 2.41. The largest absolute Gasteiger partial charge is 0.504 e. The maximum atomic E-state index is 11.9. The number of aromatic hydroxyl groups is 2. The van der Waals surface area contributed by atoms with Crippen LogP contribution in [0, 0.1) is 0 Å². The van der Waals surface area contributed by atoms with Gasteiger partial charge in [0.2, 0.25) is 5.91 Å². The Labute approximate surface area is 128 Å². The summed E-state index contributed by atoms with van der Waals surface area (Å²) in [6.45, 7) is -0.177. The highest BCUT2D eigenvalue weighted by Crippen LogP contribution is 2.25. The number of esters is 1. The van der Waals surface area contributed by atoms with E-state index in [1.54, 1.807) is 6.07 Å². The van der Waals surface area contributed by atoms with Gasteiger partial charge in [0.1, 0.15) is 6.54 Å². The Morgan fingerprint density at radius 3 is 2.48 bits per heavy atom. The first-order valence-electron chi connectivity index (χ1n) is 5.93. The SMILES string of the molecule is COC(=O)CN(C)C(=O)C(N)Cc1ccc(O)c(O)c1.Cl. The predicted octanol–water partition coefficient (Wildman–Crippen LogP) is 0.0208. The molecule has 0 aliphatic heterocycles. The number of hydrogen-bond donors (Lipinski definition) is 3. The Bertz CT molecular complexity index is 509. The van der Waals surface area contributed by atoms with Gasteiger partial charge in [-0.2, -0.15) is 0 Å². The lowest BCUT2D eigenvalue weighted by Crippen LogP contribution is -2.45. The van der Waals surface area contributed by atoms with Crippen LogP contribution in [-0.2, 0) is 20.7 Å². The summed E-state index contributed by atoms with van der Waals surface area (Å²) in [7, 11) is 2.69. The van der Waals surface area contributed by atoms with E-state index in [1.807, 2.05) is 0 Å². The lowest BCUT2D eigenvalue weighted by molar-refractivity contribution is -0.146. The second-order valence-corrected chi connectivity index (χ2v) is 4.40. The maximum absolute atomic E-state index is 11.9. The minimum atomic E-state index is -0.853. The number of methoxy groups -OCH3 is 1. The molecule has 0 radical (unpaired) electrons. The molecule has 0 heterocycles. The van der Waals surface area contributed by atoms with E-state index < -0.39 is 17.9 Å². The summed E-state index contributed by atoms with van der Waals surface area (Å²) < 4.78 is 4.46. The molecule has 21 heavy (non-hydrogen) atoms. The first-order valence-corrected chi connectivity index (χ1v) is 5.93. The van der Waals surface area contributed by atoms with Gasteiger partial charge in [-0.1, -0.05) is 6.07 Å². The highest BCUT2D eigenvalue weighted by molar-refractivity contribution is 5.86. The molecular formula is C13H19ClN2O5. The van der Waals surface area contributed by atoms with Gasteiger partial charge in [-0.05, 0) is 24.1 Å². The minimum Gasteiger partial charge on any atom is -0.504 e. The minimum absolute atomic E-state index is 0. The molecule has 1 aromatic carbocycles. The van der Waals surface area contributed by atoms with Crippen molar-refractivity contribution < 1.29 is 24.5 Å². The highest BCUT2D eigenvalue weighted by atomic mass is 35.5. The molecule has 0 bridgehead atoms. The fraction of sp³-hybridized carbons (Fsp3) is 0.385. The number of rotatable bonds is 5. The summed E-state index contributed by atoms with van der Waals surface area (Å²) in [6, 6.07) is 3.36. The van der Waals surface area contributed by atoms with Crippen molar-refractivity contribution in [3.8, 4) is 11.5 Å². The number of ether oxygens (including phenoxy) is 1. The summed E-state index contributed by atoms with van der Waals surface area (Å²) in [5, 5.41) is 18.6. The van der Waals surface area contributed by atoms with E-state index in [1.165, 1.54) is 31.2 Å². The van der Waals surface area contributed by atoms with Crippen molar-refractivity contribution in [2.24, 2.45) is 5.73 Å². The third-order valence-corrected chi connectivity index (χ3v) is 2.78. The van der Waals surface area contributed by atoms with Gasteiger partial charge in [0.25, 0.3) is 0 Å². The monoisotopic (exact) mass is 318 g/mol. The van der Waals surface area contributed by atoms with Gasteiger partial charge in [0.15, 0.2) is 11.5 Å². The Kier molecular flexibility index (Phi) is 7.54. The van der Waals surface area contributed by atoms with Crippen molar-refractivity contribution in [1.29, 1.82) is 0 Å². The molecule has 118 valence electrons. The first kappa shape index (κ1) is 19.0. The number of nitrogens with two attached hydrogens (primary N) is 1. The van der Waals surface area contributed by atoms with Gasteiger partial charge in [-0.3, -0.25) is 9.59 Å². The van der Waals surface area contributed by atoms with Gasteiger partial charge in [0, 0.05) is 7.05 Å². The lowest BCUT2D eigenvalue weighted by Gasteiger charge is -2.20. The van der Waals surface area contributed by atoms with Crippen LogP contribution in [-0.4, -0.2) is 53.7 Å². The van der Waals surface area contributed by atoms with E-state index in [-0.39, 0.29) is 36.9 Å². The molecule has 0 saturated heterocycles. The zero-order chi connectivity index (χ0) is 15.3. The molecule has 1 rings (SSSR count). The van der Waals surface area contributed by atoms with Crippen LogP contribution in [0.15, 0.2) is 18.2 Å². The van der Waals surface area contributed by atoms with E-state index in [0.717, 1.165) is 0 Å². The van der Waals surface area contributed by atoms with Crippen LogP contribution in [0.2, 0.25) is 0 Å². The molecule has 0 saturated carbocycles. The van der Waals surface area contributed by atoms with Crippen LogP contribution in [0.4, 0.5) is 0 Å². The van der Waals surface area contributed by atoms with E-state index in [2.05, 4.69) is 4.74 Å². The van der Waals surface area contributed by atoms with Crippen molar-refractivity contribution in [2.75, 3.05) is 20.7 Å². The quantitative estimate of drug-likeness (QED) is 0.521. The summed E-state index contributed by atoms with van der Waals surface area (Å²) >= 11 is 0. The number of phenolic OH excluding ortho intramolecular Hbond substituents is 2. The zero-order valence-corrected chi connectivity index (χ0v) is 12.6. The molecule has 4 N–H and O–H groups in total. The van der Waals surface area contributed by atoms with E-state index >= 15 is 0 Å². The topological polar surface area (TPSA) is 113 Å². The number of phenols is 2. The number of carbonyl (C=O) groups excluding carboxylic acids is 2. The number of amides is 1. The second-order valence-electron chi connectivity index (χ2n) is 4.40. The van der Waals surface area contributed by atoms with E-state index in [0.29, 0.717) is 5.56 Å². The first-order chi connectivity index (χ1) is 9.35. The molecule has 8 heteroatoms. The van der Waals surface area contributed by atoms with Crippen molar-refractivity contribution in [1.82, 2.24) is 4.90 Å². The van der Waals surface area contributed by atoms with Crippen LogP contribution in [0.25, 0.3) is 0 Å². The van der Waals surface area contributed by atoms with Crippen LogP contribution in [0.1, 0.15) is 5.56 Å². The molecule has 0 fully saturated rings. The Balaban J connectivity index is 0.00000400. The number of likely N-dealkylation sites (N-methyl/N-ethyl adjacent to an activating group) is 1. The molecule has 0 aliphatic rings. The lowest BCUT2D eigenvalue weighted by atomic mass is 10.0. The van der Waals surface area contributed by atoms with Gasteiger partial charge in [-0.25, -0.2) is 0 Å². The highest BCUT2D eigenvalue weighted by Gasteiger charge is 2.20. The molecule has 1 atom stereocenters. The fourth-order valence-corrected chi connectivity index (χ4v) is 1.66. The van der Waals surface area contributed by atoms with Crippen LogP contribution >= 0.6 is 12.4 Å². The molecule has 1 aromatic rings. The molecule has 0 aromatic heterocycles. The molecule has 0 spiro atoms. The normalized spacial score (nSPS) is 11.2. The van der Waals surface area contributed by atoms with Gasteiger partial charge < -0.3 is 25.6 Å². The fourth-order valence-electron chi connectivity index (χ4n) is 1.66. The molecule has 1 amide bonds. The smallest absolute Gasteiger partial charge is 0.325 e. The Hall–Kier alpha value is -1.99. The molecule has 7 nitrogen and oxygen atoms in total. The molecular weight excluding hydrogens is 300 g/mol. The van der Waals surface area contributed by atoms with E-state index in [9.17, 15) is 19.8 Å². The number of carbonyl (C=O) groups is 2. The van der Waals surface area contributed by atoms with E-state index in [4.69, 9.17) is 5.73 Å². The zero-order valence-electron chi connectivity index (χ0n) is 11.8. The van der Waals surface area contributed by atoms with Crippen molar-refractivity contribution in [3.05, 3.63) is 23.8 Å². The third-order valence-electron chi connectivity index (χ3n) is 2.78. The van der Waals surface area contributed by atoms with Crippen molar-refractivity contribution in [3.63, 3.8) is 0 Å². The third kappa shape index (κ3) is 5.49. The van der Waals surface area contributed by atoms with Crippen LogP contribution < -0.4 is 5.73 Å². The molecule has 0 aliphatic carbocycles. The van der Waals surface area contributed by atoms with Crippen LogP contribution in [0.5, 0.6) is 11.5 Å². The number of nitrogens with zero attached hydrogens (tertiary/aromatic N) is 1. The summed E-state index contributed by atoms with van der Waals surface area (Å²) in [5.74, 6) is -1.46. The predicted molar refractivity (Wildman–Crippen MR) is 78.4 cm³/mol. The van der Waals surface area contributed by atoms with Crippen molar-refractivity contribution in [2.45, 2.75) is 12.5 Å². The summed E-state index contributed by atoms with van der Waals surface area (Å²) in [6.07, 6.45) is 0.179. The Morgan fingerprint density at radius 2 is 1.95 bits per heavy atom. The number of hydrogen-bond acceptors (Lipinski definition) is 6. The van der Waals surface area contributed by atoms with Gasteiger partial charge in [-0.15, -0.1) is 12.4 Å². The van der Waals surface area contributed by atoms with Crippen molar-refractivity contribution >= 4 is 24.3 Å². The maximum Gasteiger partial charge on any atom is 0.325 e. The standard InChI is InChI=1S/C13H18N2O5.ClH/c1-15(7-12(18)20-2)13(19)9(14)5-8-3-4-10(16)11(17)6-8;/h3-4,6,9,16-17H,5,7,14H2,1-2H3;1H. The second kappa shape index (κ2) is 8.33. The summed E-state index contributed by atoms with van der Waals surface area (Å²) in [5.41, 5.74) is 6.37. The molecule has 1 unspecified atom stereocenters. The van der Waals surface area contributed by atoms with Gasteiger partial charge >= 0.3 is 5.97 Å². The average molecular weight is 319 g/mol. The summed E-state index contributed by atoms with van der Waals surface area (Å²) in [4.78, 5) is 24.2.